The molecule has 6 nitrogen and oxygen atoms in total. The van der Waals surface area contributed by atoms with E-state index in [4.69, 9.17) is 5.26 Å². The Morgan fingerprint density at radius 1 is 1.19 bits per heavy atom. The van der Waals surface area contributed by atoms with Gasteiger partial charge >= 0.3 is 0 Å². The molecule has 1 amide bonds. The van der Waals surface area contributed by atoms with E-state index < -0.39 is 0 Å². The fourth-order valence-corrected chi connectivity index (χ4v) is 4.10. The predicted molar refractivity (Wildman–Crippen MR) is 123 cm³/mol. The molecule has 2 aromatic carbocycles. The summed E-state index contributed by atoms with van der Waals surface area (Å²) in [5, 5.41) is 18.2. The highest BCUT2D eigenvalue weighted by atomic mass is 32.2. The Labute approximate surface area is 187 Å². The normalized spacial score (nSPS) is 10.5. The van der Waals surface area contributed by atoms with Gasteiger partial charge in [-0.15, -0.1) is 16.8 Å². The molecule has 0 fully saturated rings. The van der Waals surface area contributed by atoms with Gasteiger partial charge in [-0.3, -0.25) is 9.36 Å². The molecule has 0 saturated carbocycles. The number of nitrogens with zero attached hydrogens (tertiary/aromatic N) is 5. The topological polar surface area (TPSA) is 74.8 Å². The molecule has 0 bridgehead atoms. The number of benzene rings is 2. The lowest BCUT2D eigenvalue weighted by Gasteiger charge is -2.21. The van der Waals surface area contributed by atoms with Crippen molar-refractivity contribution in [3.05, 3.63) is 83.2 Å². The zero-order valence-corrected chi connectivity index (χ0v) is 18.8. The van der Waals surface area contributed by atoms with Crippen LogP contribution in [0.3, 0.4) is 0 Å². The first kappa shape index (κ1) is 22.3. The molecule has 0 aliphatic heterocycles. The molecule has 0 aliphatic carbocycles. The molecular formula is C24H25N5OS. The number of hydrogen-bond donors (Lipinski definition) is 0. The van der Waals surface area contributed by atoms with Crippen LogP contribution in [0.1, 0.15) is 28.1 Å². The first-order valence-electron chi connectivity index (χ1n) is 9.93. The summed E-state index contributed by atoms with van der Waals surface area (Å²) in [7, 11) is 0. The Morgan fingerprint density at radius 2 is 1.94 bits per heavy atom. The molecule has 7 heteroatoms. The van der Waals surface area contributed by atoms with Crippen LogP contribution in [0.25, 0.3) is 5.69 Å². The zero-order valence-electron chi connectivity index (χ0n) is 18.0. The summed E-state index contributed by atoms with van der Waals surface area (Å²) in [6, 6.07) is 15.6. The molecule has 158 valence electrons. The minimum Gasteiger partial charge on any atom is -0.334 e. The van der Waals surface area contributed by atoms with Crippen LogP contribution in [0.5, 0.6) is 0 Å². The predicted octanol–water partition coefficient (Wildman–Crippen LogP) is 4.37. The van der Waals surface area contributed by atoms with Gasteiger partial charge in [0, 0.05) is 13.1 Å². The lowest BCUT2D eigenvalue weighted by atomic mass is 10.1. The summed E-state index contributed by atoms with van der Waals surface area (Å²) in [6.07, 6.45) is 1.72. The maximum absolute atomic E-state index is 13.0. The summed E-state index contributed by atoms with van der Waals surface area (Å²) in [5.74, 6) is 1.01. The number of nitriles is 1. The van der Waals surface area contributed by atoms with Crippen molar-refractivity contribution in [3.8, 4) is 11.8 Å². The van der Waals surface area contributed by atoms with E-state index in [1.54, 1.807) is 23.1 Å². The number of carbonyl (C=O) groups excluding carboxylic acids is 1. The summed E-state index contributed by atoms with van der Waals surface area (Å²) < 4.78 is 2.00. The van der Waals surface area contributed by atoms with Gasteiger partial charge in [0.1, 0.15) is 5.82 Å². The fraction of sp³-hybridized carbons (Fsp3) is 0.250. The molecule has 0 radical (unpaired) electrons. The summed E-state index contributed by atoms with van der Waals surface area (Å²) in [6.45, 7) is 10.7. The van der Waals surface area contributed by atoms with Crippen LogP contribution >= 0.6 is 11.8 Å². The molecule has 1 heterocycles. The first-order valence-corrected chi connectivity index (χ1v) is 10.9. The quantitative estimate of drug-likeness (QED) is 0.391. The van der Waals surface area contributed by atoms with Gasteiger partial charge in [0.15, 0.2) is 5.16 Å². The highest BCUT2D eigenvalue weighted by Crippen LogP contribution is 2.25. The smallest absolute Gasteiger partial charge is 0.233 e. The lowest BCUT2D eigenvalue weighted by molar-refractivity contribution is -0.128. The molecular weight excluding hydrogens is 406 g/mol. The van der Waals surface area contributed by atoms with Gasteiger partial charge in [-0.1, -0.05) is 42.1 Å². The van der Waals surface area contributed by atoms with Gasteiger partial charge in [0.25, 0.3) is 0 Å². The number of aromatic nitrogens is 3. The van der Waals surface area contributed by atoms with E-state index >= 15 is 0 Å². The second-order valence-corrected chi connectivity index (χ2v) is 8.26. The second-order valence-electron chi connectivity index (χ2n) is 7.32. The van der Waals surface area contributed by atoms with Gasteiger partial charge < -0.3 is 4.90 Å². The average Bonchev–Trinajstić information content (AvgIpc) is 3.14. The van der Waals surface area contributed by atoms with Gasteiger partial charge in [0.2, 0.25) is 5.91 Å². The number of hydrogen-bond acceptors (Lipinski definition) is 5. The van der Waals surface area contributed by atoms with E-state index in [1.807, 2.05) is 23.6 Å². The van der Waals surface area contributed by atoms with Crippen LogP contribution in [0.4, 0.5) is 0 Å². The molecule has 3 rings (SSSR count). The van der Waals surface area contributed by atoms with Crippen LogP contribution < -0.4 is 0 Å². The summed E-state index contributed by atoms with van der Waals surface area (Å²) in [5.41, 5.74) is 4.87. The summed E-state index contributed by atoms with van der Waals surface area (Å²) in [4.78, 5) is 14.7. The van der Waals surface area contributed by atoms with Crippen LogP contribution in [-0.4, -0.2) is 37.9 Å². The molecule has 0 saturated heterocycles. The van der Waals surface area contributed by atoms with E-state index in [-0.39, 0.29) is 11.7 Å². The van der Waals surface area contributed by atoms with Crippen molar-refractivity contribution in [1.29, 1.82) is 5.26 Å². The zero-order chi connectivity index (χ0) is 22.4. The monoisotopic (exact) mass is 431 g/mol. The molecule has 1 aromatic heterocycles. The van der Waals surface area contributed by atoms with Crippen molar-refractivity contribution in [2.45, 2.75) is 32.5 Å². The van der Waals surface area contributed by atoms with E-state index in [2.05, 4.69) is 54.9 Å². The highest BCUT2D eigenvalue weighted by Gasteiger charge is 2.18. The number of thioether (sulfide) groups is 1. The van der Waals surface area contributed by atoms with Crippen LogP contribution in [-0.2, 0) is 11.3 Å². The first-order chi connectivity index (χ1) is 14.9. The van der Waals surface area contributed by atoms with Crippen LogP contribution in [0.2, 0.25) is 0 Å². The van der Waals surface area contributed by atoms with E-state index in [0.717, 1.165) is 28.2 Å². The van der Waals surface area contributed by atoms with E-state index in [0.29, 0.717) is 23.8 Å². The third-order valence-electron chi connectivity index (χ3n) is 4.88. The van der Waals surface area contributed by atoms with Crippen molar-refractivity contribution in [2.24, 2.45) is 0 Å². The van der Waals surface area contributed by atoms with E-state index in [1.165, 1.54) is 11.8 Å². The summed E-state index contributed by atoms with van der Waals surface area (Å²) >= 11 is 1.38. The Kier molecular flexibility index (Phi) is 7.27. The molecule has 0 atom stereocenters. The van der Waals surface area contributed by atoms with Crippen LogP contribution in [0.15, 0.2) is 60.3 Å². The Balaban J connectivity index is 1.75. The third kappa shape index (κ3) is 5.41. The Morgan fingerprint density at radius 3 is 2.61 bits per heavy atom. The fourth-order valence-electron chi connectivity index (χ4n) is 3.21. The molecule has 0 spiro atoms. The third-order valence-corrected chi connectivity index (χ3v) is 5.80. The molecule has 0 N–H and O–H groups in total. The van der Waals surface area contributed by atoms with Gasteiger partial charge in [0.05, 0.1) is 23.1 Å². The number of amides is 1. The maximum atomic E-state index is 13.0. The largest absolute Gasteiger partial charge is 0.334 e. The van der Waals surface area contributed by atoms with Crippen molar-refractivity contribution < 1.29 is 4.79 Å². The Hall–Kier alpha value is -3.37. The van der Waals surface area contributed by atoms with Crippen molar-refractivity contribution in [1.82, 2.24) is 19.7 Å². The minimum absolute atomic E-state index is 0.0116. The van der Waals surface area contributed by atoms with E-state index in [9.17, 15) is 4.79 Å². The molecule has 31 heavy (non-hydrogen) atoms. The van der Waals surface area contributed by atoms with Crippen molar-refractivity contribution >= 4 is 17.7 Å². The van der Waals surface area contributed by atoms with Gasteiger partial charge in [-0.25, -0.2) is 0 Å². The van der Waals surface area contributed by atoms with Gasteiger partial charge in [-0.05, 0) is 55.7 Å². The highest BCUT2D eigenvalue weighted by molar-refractivity contribution is 7.99. The standard InChI is InChI=1S/C24H25N5OS/c1-5-12-28(15-21-10-8-20(14-25)9-11-21)23(30)16-31-24-27-26-19(4)29(24)22-13-17(2)6-7-18(22)3/h5-11,13H,1,12,15-16H2,2-4H3. The van der Waals surface area contributed by atoms with Crippen molar-refractivity contribution in [3.63, 3.8) is 0 Å². The number of carbonyl (C=O) groups is 1. The Bertz CT molecular complexity index is 1130. The van der Waals surface area contributed by atoms with Crippen LogP contribution in [0, 0.1) is 32.1 Å². The van der Waals surface area contributed by atoms with Gasteiger partial charge in [-0.2, -0.15) is 5.26 Å². The number of rotatable bonds is 8. The molecule has 0 unspecified atom stereocenters. The average molecular weight is 432 g/mol. The SMILES string of the molecule is C=CCN(Cc1ccc(C#N)cc1)C(=O)CSc1nnc(C)n1-c1cc(C)ccc1C. The number of aryl methyl sites for hydroxylation is 3. The second kappa shape index (κ2) is 10.1. The maximum Gasteiger partial charge on any atom is 0.233 e. The molecule has 3 aromatic rings. The molecule has 0 aliphatic rings. The van der Waals surface area contributed by atoms with Crippen molar-refractivity contribution in [2.75, 3.05) is 12.3 Å². The minimum atomic E-state index is -0.0116. The lowest BCUT2D eigenvalue weighted by Crippen LogP contribution is -2.32.